The molecule has 0 aromatic heterocycles. The van der Waals surface area contributed by atoms with Gasteiger partial charge in [0.05, 0.1) is 18.8 Å². The van der Waals surface area contributed by atoms with Crippen LogP contribution >= 0.6 is 0 Å². The van der Waals surface area contributed by atoms with Crippen molar-refractivity contribution in [1.29, 1.82) is 0 Å². The van der Waals surface area contributed by atoms with E-state index in [1.807, 2.05) is 0 Å². The summed E-state index contributed by atoms with van der Waals surface area (Å²) < 4.78 is 22.3. The average molecular weight is 435 g/mol. The number of amides is 1. The highest BCUT2D eigenvalue weighted by molar-refractivity contribution is 5.91. The number of rotatable bonds is 6. The SMILES string of the molecule is C=C1C(=O)O[C@H]2[C@H]1CCC(COC(=O)NCCCN1CCOCC1)=CCC[C@@]1(C)O[C@@H]21. The van der Waals surface area contributed by atoms with E-state index in [1.165, 1.54) is 0 Å². The van der Waals surface area contributed by atoms with E-state index in [1.54, 1.807) is 0 Å². The molecule has 1 amide bonds. The Morgan fingerprint density at radius 2 is 2.19 bits per heavy atom. The molecule has 4 atom stereocenters. The molecule has 3 heterocycles. The quantitative estimate of drug-likeness (QED) is 0.225. The molecule has 3 aliphatic heterocycles. The van der Waals surface area contributed by atoms with Crippen LogP contribution in [0.3, 0.4) is 0 Å². The molecular weight excluding hydrogens is 400 g/mol. The standard InChI is InChI=1S/C23H34N2O6/c1-16-18-7-6-17(5-3-8-23(2)20(31-23)19(18)30-21(16)26)15-29-22(27)24-9-4-10-25-11-13-28-14-12-25/h5,18-20H,1,3-4,6-15H2,2H3,(H,24,27)/t18-,19-,20-,23+/m0/s1. The largest absolute Gasteiger partial charge is 0.455 e. The Kier molecular flexibility index (Phi) is 6.99. The maximum Gasteiger partial charge on any atom is 0.407 e. The van der Waals surface area contributed by atoms with Crippen LogP contribution in [-0.2, 0) is 23.7 Å². The minimum absolute atomic E-state index is 0.0462. The molecule has 4 rings (SSSR count). The van der Waals surface area contributed by atoms with E-state index >= 15 is 0 Å². The molecule has 3 saturated heterocycles. The fraction of sp³-hybridized carbons (Fsp3) is 0.739. The molecule has 1 aliphatic carbocycles. The van der Waals surface area contributed by atoms with Crippen molar-refractivity contribution in [1.82, 2.24) is 10.2 Å². The summed E-state index contributed by atoms with van der Waals surface area (Å²) in [4.78, 5) is 26.5. The predicted molar refractivity (Wildman–Crippen MR) is 114 cm³/mol. The number of ether oxygens (including phenoxy) is 4. The number of hydrogen-bond donors (Lipinski definition) is 1. The second-order valence-electron chi connectivity index (χ2n) is 9.10. The monoisotopic (exact) mass is 434 g/mol. The van der Waals surface area contributed by atoms with Crippen LogP contribution in [0, 0.1) is 5.92 Å². The van der Waals surface area contributed by atoms with E-state index in [0.29, 0.717) is 12.1 Å². The summed E-state index contributed by atoms with van der Waals surface area (Å²) in [5.41, 5.74) is 1.34. The molecule has 8 nitrogen and oxygen atoms in total. The van der Waals surface area contributed by atoms with Crippen molar-refractivity contribution in [3.05, 3.63) is 23.8 Å². The molecule has 1 N–H and O–H groups in total. The van der Waals surface area contributed by atoms with Crippen LogP contribution in [0.4, 0.5) is 4.79 Å². The minimum atomic E-state index is -0.390. The van der Waals surface area contributed by atoms with E-state index < -0.39 is 0 Å². The number of morpholine rings is 1. The van der Waals surface area contributed by atoms with Crippen molar-refractivity contribution in [2.45, 2.75) is 56.8 Å². The van der Waals surface area contributed by atoms with E-state index in [2.05, 4.69) is 29.8 Å². The van der Waals surface area contributed by atoms with E-state index in [9.17, 15) is 9.59 Å². The van der Waals surface area contributed by atoms with Gasteiger partial charge in [0.25, 0.3) is 0 Å². The predicted octanol–water partition coefficient (Wildman–Crippen LogP) is 2.19. The molecule has 0 unspecified atom stereocenters. The molecule has 4 aliphatic rings. The van der Waals surface area contributed by atoms with Crippen LogP contribution in [0.25, 0.3) is 0 Å². The van der Waals surface area contributed by atoms with Gasteiger partial charge in [0.1, 0.15) is 18.8 Å². The van der Waals surface area contributed by atoms with Gasteiger partial charge in [-0.15, -0.1) is 0 Å². The molecular formula is C23H34N2O6. The molecule has 172 valence electrons. The van der Waals surface area contributed by atoms with Gasteiger partial charge in [0, 0.05) is 31.1 Å². The molecule has 0 saturated carbocycles. The molecule has 8 heteroatoms. The first-order valence-electron chi connectivity index (χ1n) is 11.4. The average Bonchev–Trinajstić information content (AvgIpc) is 3.36. The number of carbonyl (C=O) groups excluding carboxylic acids is 2. The van der Waals surface area contributed by atoms with Crippen LogP contribution in [0.15, 0.2) is 23.8 Å². The lowest BCUT2D eigenvalue weighted by Gasteiger charge is -2.26. The van der Waals surface area contributed by atoms with Gasteiger partial charge in [0.2, 0.25) is 0 Å². The van der Waals surface area contributed by atoms with Crippen LogP contribution < -0.4 is 5.32 Å². The normalized spacial score (nSPS) is 33.6. The van der Waals surface area contributed by atoms with Gasteiger partial charge in [-0.1, -0.05) is 12.7 Å². The number of hydrogen-bond acceptors (Lipinski definition) is 7. The molecule has 3 fully saturated rings. The van der Waals surface area contributed by atoms with Gasteiger partial charge in [-0.3, -0.25) is 4.90 Å². The zero-order valence-electron chi connectivity index (χ0n) is 18.4. The van der Waals surface area contributed by atoms with E-state index in [-0.39, 0.29) is 42.4 Å². The molecule has 0 bridgehead atoms. The summed E-state index contributed by atoms with van der Waals surface area (Å²) in [7, 11) is 0. The van der Waals surface area contributed by atoms with Crippen molar-refractivity contribution in [2.24, 2.45) is 5.92 Å². The maximum atomic E-state index is 12.1. The lowest BCUT2D eigenvalue weighted by molar-refractivity contribution is -0.140. The fourth-order valence-corrected chi connectivity index (χ4v) is 4.78. The number of alkyl carbamates (subject to hydrolysis) is 1. The Morgan fingerprint density at radius 3 is 3.00 bits per heavy atom. The number of fused-ring (bicyclic) bond motifs is 3. The third-order valence-corrected chi connectivity index (χ3v) is 6.85. The summed E-state index contributed by atoms with van der Waals surface area (Å²) in [5.74, 6) is -0.361. The molecule has 0 spiro atoms. The van der Waals surface area contributed by atoms with Crippen molar-refractivity contribution < 1.29 is 28.5 Å². The first kappa shape index (κ1) is 22.3. The number of carbonyl (C=O) groups is 2. The zero-order chi connectivity index (χ0) is 21.8. The van der Waals surface area contributed by atoms with Crippen molar-refractivity contribution >= 4 is 12.1 Å². The van der Waals surface area contributed by atoms with Gasteiger partial charge in [-0.25, -0.2) is 9.59 Å². The van der Waals surface area contributed by atoms with Gasteiger partial charge in [-0.05, 0) is 51.1 Å². The Balaban J connectivity index is 1.22. The van der Waals surface area contributed by atoms with Crippen molar-refractivity contribution in [3.63, 3.8) is 0 Å². The van der Waals surface area contributed by atoms with E-state index in [0.717, 1.165) is 70.5 Å². The molecule has 31 heavy (non-hydrogen) atoms. The molecule has 0 aromatic rings. The zero-order valence-corrected chi connectivity index (χ0v) is 18.4. The number of nitrogens with zero attached hydrogens (tertiary/aromatic N) is 1. The lowest BCUT2D eigenvalue weighted by atomic mass is 9.84. The number of allylic oxidation sites excluding steroid dienone is 1. The summed E-state index contributed by atoms with van der Waals surface area (Å²) in [6.07, 6.45) is 5.52. The van der Waals surface area contributed by atoms with Gasteiger partial charge >= 0.3 is 12.1 Å². The fourth-order valence-electron chi connectivity index (χ4n) is 4.78. The van der Waals surface area contributed by atoms with Crippen molar-refractivity contribution in [3.8, 4) is 0 Å². The minimum Gasteiger partial charge on any atom is -0.455 e. The lowest BCUT2D eigenvalue weighted by Crippen LogP contribution is -2.38. The summed E-state index contributed by atoms with van der Waals surface area (Å²) >= 11 is 0. The third kappa shape index (κ3) is 5.48. The molecule has 0 aromatic carbocycles. The van der Waals surface area contributed by atoms with Gasteiger partial charge in [0.15, 0.2) is 0 Å². The first-order chi connectivity index (χ1) is 15.0. The highest BCUT2D eigenvalue weighted by Gasteiger charge is 2.61. The Morgan fingerprint density at radius 1 is 1.39 bits per heavy atom. The first-order valence-corrected chi connectivity index (χ1v) is 11.4. The van der Waals surface area contributed by atoms with Crippen molar-refractivity contribution in [2.75, 3.05) is 46.0 Å². The summed E-state index contributed by atoms with van der Waals surface area (Å²) in [6, 6.07) is 0. The van der Waals surface area contributed by atoms with Crippen LogP contribution in [0.2, 0.25) is 0 Å². The number of epoxide rings is 1. The highest BCUT2D eigenvalue weighted by atomic mass is 16.6. The Hall–Kier alpha value is -1.90. The van der Waals surface area contributed by atoms with Crippen LogP contribution in [0.5, 0.6) is 0 Å². The summed E-state index contributed by atoms with van der Waals surface area (Å²) in [6.45, 7) is 11.3. The maximum absolute atomic E-state index is 12.1. The molecule has 0 radical (unpaired) electrons. The highest BCUT2D eigenvalue weighted by Crippen LogP contribution is 2.49. The smallest absolute Gasteiger partial charge is 0.407 e. The number of nitrogens with one attached hydrogen (secondary N) is 1. The van der Waals surface area contributed by atoms with Crippen LogP contribution in [-0.4, -0.2) is 80.8 Å². The second kappa shape index (κ2) is 9.71. The number of esters is 1. The Bertz CT molecular complexity index is 732. The third-order valence-electron chi connectivity index (χ3n) is 6.85. The van der Waals surface area contributed by atoms with E-state index in [4.69, 9.17) is 18.9 Å². The topological polar surface area (TPSA) is 89.6 Å². The van der Waals surface area contributed by atoms with Gasteiger partial charge < -0.3 is 24.3 Å². The van der Waals surface area contributed by atoms with Crippen LogP contribution in [0.1, 0.15) is 39.0 Å². The second-order valence-corrected chi connectivity index (χ2v) is 9.10. The summed E-state index contributed by atoms with van der Waals surface area (Å²) in [5, 5.41) is 2.84. The Labute approximate surface area is 183 Å². The van der Waals surface area contributed by atoms with Gasteiger partial charge in [-0.2, -0.15) is 0 Å².